The van der Waals surface area contributed by atoms with Gasteiger partial charge in [0.05, 0.1) is 12.9 Å². The Labute approximate surface area is 132 Å². The molecule has 0 amide bonds. The molecular weight excluding hydrogens is 300 g/mol. The van der Waals surface area contributed by atoms with Crippen molar-refractivity contribution in [3.8, 4) is 5.75 Å². The number of hydrogen-bond acceptors (Lipinski definition) is 4. The summed E-state index contributed by atoms with van der Waals surface area (Å²) < 4.78 is 30.3. The van der Waals surface area contributed by atoms with Gasteiger partial charge in [-0.2, -0.15) is 0 Å². The van der Waals surface area contributed by atoms with Crippen LogP contribution in [0.4, 0.5) is 0 Å². The lowest BCUT2D eigenvalue weighted by Gasteiger charge is -2.33. The van der Waals surface area contributed by atoms with Gasteiger partial charge in [-0.3, -0.25) is 0 Å². The fourth-order valence-corrected chi connectivity index (χ4v) is 4.20. The molecule has 0 spiro atoms. The molecule has 3 rings (SSSR count). The van der Waals surface area contributed by atoms with Crippen molar-refractivity contribution in [3.05, 3.63) is 29.8 Å². The molecule has 1 aromatic rings. The van der Waals surface area contributed by atoms with Crippen LogP contribution in [0.3, 0.4) is 0 Å². The summed E-state index contributed by atoms with van der Waals surface area (Å²) in [6.45, 7) is 2.96. The molecule has 0 aromatic heterocycles. The van der Waals surface area contributed by atoms with Crippen molar-refractivity contribution in [2.45, 2.75) is 31.2 Å². The van der Waals surface area contributed by atoms with Crippen molar-refractivity contribution in [1.82, 2.24) is 9.62 Å². The average molecular weight is 324 g/mol. The van der Waals surface area contributed by atoms with Gasteiger partial charge in [0.2, 0.25) is 10.0 Å². The zero-order chi connectivity index (χ0) is 15.6. The number of nitrogens with zero attached hydrogens (tertiary/aromatic N) is 1. The predicted molar refractivity (Wildman–Crippen MR) is 86.7 cm³/mol. The normalized spacial score (nSPS) is 23.8. The largest absolute Gasteiger partial charge is 0.493 e. The first-order valence-corrected chi connectivity index (χ1v) is 9.79. The number of benzene rings is 1. The fraction of sp³-hybridized carbons (Fsp3) is 0.625. The van der Waals surface area contributed by atoms with Crippen LogP contribution in [0.1, 0.15) is 30.7 Å². The van der Waals surface area contributed by atoms with Crippen molar-refractivity contribution >= 4 is 10.0 Å². The number of piperidine rings is 1. The highest BCUT2D eigenvalue weighted by atomic mass is 32.2. The Bertz CT molecular complexity index is 610. The Morgan fingerprint density at radius 1 is 1.23 bits per heavy atom. The molecule has 1 atom stereocenters. The number of nitrogens with one attached hydrogen (secondary N) is 1. The summed E-state index contributed by atoms with van der Waals surface area (Å²) in [6.07, 6.45) is 4.10. The van der Waals surface area contributed by atoms with Crippen molar-refractivity contribution in [3.63, 3.8) is 0 Å². The molecule has 0 aliphatic carbocycles. The van der Waals surface area contributed by atoms with E-state index in [1.807, 2.05) is 12.1 Å². The highest BCUT2D eigenvalue weighted by molar-refractivity contribution is 7.88. The molecule has 1 N–H and O–H groups in total. The molecule has 0 bridgehead atoms. The van der Waals surface area contributed by atoms with Gasteiger partial charge in [0.1, 0.15) is 5.75 Å². The SMILES string of the molecule is CS(=O)(=O)N1CCC(NC[C@@H]2CCOc3ccccc32)CC1. The molecule has 0 unspecified atom stereocenters. The standard InChI is InChI=1S/C16H24N2O3S/c1-22(19,20)18-9-6-14(7-10-18)17-12-13-8-11-21-16-5-3-2-4-15(13)16/h2-5,13-14,17H,6-12H2,1H3/t13-/m0/s1. The van der Waals surface area contributed by atoms with Crippen LogP contribution in [0.15, 0.2) is 24.3 Å². The maximum atomic E-state index is 11.5. The Kier molecular flexibility index (Phi) is 4.70. The van der Waals surface area contributed by atoms with Crippen molar-refractivity contribution in [1.29, 1.82) is 0 Å². The summed E-state index contributed by atoms with van der Waals surface area (Å²) in [5.74, 6) is 1.49. The van der Waals surface area contributed by atoms with Crippen LogP contribution in [0.5, 0.6) is 5.75 Å². The Morgan fingerprint density at radius 3 is 2.68 bits per heavy atom. The van der Waals surface area contributed by atoms with Gasteiger partial charge in [-0.1, -0.05) is 18.2 Å². The van der Waals surface area contributed by atoms with Crippen LogP contribution < -0.4 is 10.1 Å². The van der Waals surface area contributed by atoms with Crippen molar-refractivity contribution < 1.29 is 13.2 Å². The molecule has 0 radical (unpaired) electrons. The van der Waals surface area contributed by atoms with E-state index in [2.05, 4.69) is 17.4 Å². The third-order valence-corrected chi connectivity index (χ3v) is 5.96. The maximum absolute atomic E-state index is 11.5. The lowest BCUT2D eigenvalue weighted by atomic mass is 9.92. The summed E-state index contributed by atoms with van der Waals surface area (Å²) in [5.41, 5.74) is 1.29. The van der Waals surface area contributed by atoms with Crippen LogP contribution in [0.25, 0.3) is 0 Å². The first-order chi connectivity index (χ1) is 10.5. The zero-order valence-corrected chi connectivity index (χ0v) is 13.8. The predicted octanol–water partition coefficient (Wildman–Crippen LogP) is 1.57. The molecule has 6 heteroatoms. The average Bonchev–Trinajstić information content (AvgIpc) is 2.52. The van der Waals surface area contributed by atoms with E-state index in [1.165, 1.54) is 11.8 Å². The third kappa shape index (κ3) is 3.62. The van der Waals surface area contributed by atoms with E-state index < -0.39 is 10.0 Å². The van der Waals surface area contributed by atoms with Gasteiger partial charge >= 0.3 is 0 Å². The first kappa shape index (κ1) is 15.8. The number of rotatable bonds is 4. The summed E-state index contributed by atoms with van der Waals surface area (Å²) >= 11 is 0. The second-order valence-electron chi connectivity index (χ2n) is 6.22. The number of ether oxygens (including phenoxy) is 1. The molecule has 5 nitrogen and oxygen atoms in total. The van der Waals surface area contributed by atoms with Gasteiger partial charge in [0, 0.05) is 31.6 Å². The topological polar surface area (TPSA) is 58.6 Å². The van der Waals surface area contributed by atoms with Crippen LogP contribution in [0, 0.1) is 0 Å². The molecule has 2 heterocycles. The molecule has 0 saturated carbocycles. The lowest BCUT2D eigenvalue weighted by Crippen LogP contribution is -2.45. The second-order valence-corrected chi connectivity index (χ2v) is 8.20. The minimum atomic E-state index is -3.04. The van der Waals surface area contributed by atoms with E-state index >= 15 is 0 Å². The van der Waals surface area contributed by atoms with Gasteiger partial charge in [-0.15, -0.1) is 0 Å². The van der Waals surface area contributed by atoms with E-state index in [-0.39, 0.29) is 0 Å². The summed E-state index contributed by atoms with van der Waals surface area (Å²) in [5, 5.41) is 3.63. The van der Waals surface area contributed by atoms with Crippen molar-refractivity contribution in [2.24, 2.45) is 0 Å². The van der Waals surface area contributed by atoms with Gasteiger partial charge < -0.3 is 10.1 Å². The number of sulfonamides is 1. The van der Waals surface area contributed by atoms with Crippen molar-refractivity contribution in [2.75, 3.05) is 32.5 Å². The van der Waals surface area contributed by atoms with Crippen LogP contribution in [-0.2, 0) is 10.0 Å². The smallest absolute Gasteiger partial charge is 0.211 e. The molecule has 2 aliphatic rings. The highest BCUT2D eigenvalue weighted by Crippen LogP contribution is 2.33. The third-order valence-electron chi connectivity index (χ3n) is 4.66. The molecule has 122 valence electrons. The van der Waals surface area contributed by atoms with Crippen LogP contribution in [-0.4, -0.2) is 51.3 Å². The molecular formula is C16H24N2O3S. The minimum absolute atomic E-state index is 0.410. The maximum Gasteiger partial charge on any atom is 0.211 e. The van der Waals surface area contributed by atoms with Gasteiger partial charge in [0.25, 0.3) is 0 Å². The number of fused-ring (bicyclic) bond motifs is 1. The highest BCUT2D eigenvalue weighted by Gasteiger charge is 2.26. The monoisotopic (exact) mass is 324 g/mol. The molecule has 1 fully saturated rings. The van der Waals surface area contributed by atoms with Gasteiger partial charge in [-0.25, -0.2) is 12.7 Å². The quantitative estimate of drug-likeness (QED) is 0.913. The van der Waals surface area contributed by atoms with E-state index in [4.69, 9.17) is 4.74 Å². The number of hydrogen-bond donors (Lipinski definition) is 1. The lowest BCUT2D eigenvalue weighted by molar-refractivity contribution is 0.250. The molecule has 1 aromatic carbocycles. The first-order valence-electron chi connectivity index (χ1n) is 7.94. The molecule has 2 aliphatic heterocycles. The summed E-state index contributed by atoms with van der Waals surface area (Å²) in [6, 6.07) is 8.66. The Morgan fingerprint density at radius 2 is 1.95 bits per heavy atom. The van der Waals surface area contributed by atoms with Crippen LogP contribution >= 0.6 is 0 Å². The Hall–Kier alpha value is -1.11. The second kappa shape index (κ2) is 6.56. The van der Waals surface area contributed by atoms with Gasteiger partial charge in [0.15, 0.2) is 0 Å². The van der Waals surface area contributed by atoms with Gasteiger partial charge in [-0.05, 0) is 30.9 Å². The van der Waals surface area contributed by atoms with E-state index in [0.717, 1.165) is 38.2 Å². The Balaban J connectivity index is 1.52. The van der Waals surface area contributed by atoms with Crippen LogP contribution in [0.2, 0.25) is 0 Å². The molecule has 1 saturated heterocycles. The number of para-hydroxylation sites is 1. The van der Waals surface area contributed by atoms with E-state index in [1.54, 1.807) is 4.31 Å². The van der Waals surface area contributed by atoms with E-state index in [9.17, 15) is 8.42 Å². The fourth-order valence-electron chi connectivity index (χ4n) is 3.33. The zero-order valence-electron chi connectivity index (χ0n) is 13.0. The summed E-state index contributed by atoms with van der Waals surface area (Å²) in [4.78, 5) is 0. The summed E-state index contributed by atoms with van der Waals surface area (Å²) in [7, 11) is -3.04. The minimum Gasteiger partial charge on any atom is -0.493 e. The van der Waals surface area contributed by atoms with E-state index in [0.29, 0.717) is 25.0 Å². The molecule has 22 heavy (non-hydrogen) atoms.